The summed E-state index contributed by atoms with van der Waals surface area (Å²) in [6, 6.07) is 3.97. The maximum absolute atomic E-state index is 4.22. The van der Waals surface area contributed by atoms with Crippen LogP contribution in [-0.4, -0.2) is 14.8 Å². The largest absolute Gasteiger partial charge is 0.364 e. The van der Waals surface area contributed by atoms with Crippen LogP contribution in [-0.2, 0) is 13.6 Å². The molecule has 1 N–H and O–H groups in total. The minimum absolute atomic E-state index is 0.726. The van der Waals surface area contributed by atoms with Gasteiger partial charge in [0, 0.05) is 42.7 Å². The summed E-state index contributed by atoms with van der Waals surface area (Å²) < 4.78 is 2.75. The molecule has 0 unspecified atom stereocenters. The molecule has 0 saturated heterocycles. The molecule has 0 bridgehead atoms. The van der Waals surface area contributed by atoms with Crippen molar-refractivity contribution in [3.8, 4) is 0 Å². The van der Waals surface area contributed by atoms with E-state index in [1.807, 2.05) is 31.6 Å². The SMILES string of the molecule is Cn1ccc(NCc2cncc(Br)c2)n1. The molecule has 2 heterocycles. The zero-order chi connectivity index (χ0) is 10.7. The number of aryl methyl sites for hydroxylation is 1. The molecule has 4 nitrogen and oxygen atoms in total. The first-order valence-corrected chi connectivity index (χ1v) is 5.36. The molecule has 0 saturated carbocycles. The van der Waals surface area contributed by atoms with Crippen LogP contribution >= 0.6 is 15.9 Å². The third kappa shape index (κ3) is 2.79. The summed E-state index contributed by atoms with van der Waals surface area (Å²) in [5.74, 6) is 0.873. The summed E-state index contributed by atoms with van der Waals surface area (Å²) >= 11 is 3.38. The molecule has 0 aliphatic carbocycles. The van der Waals surface area contributed by atoms with Gasteiger partial charge >= 0.3 is 0 Å². The molecule has 0 fully saturated rings. The fourth-order valence-corrected chi connectivity index (χ4v) is 1.67. The third-order valence-corrected chi connectivity index (χ3v) is 2.38. The first-order valence-electron chi connectivity index (χ1n) is 4.57. The number of hydrogen-bond acceptors (Lipinski definition) is 3. The molecule has 0 atom stereocenters. The number of rotatable bonds is 3. The van der Waals surface area contributed by atoms with Crippen molar-refractivity contribution in [3.63, 3.8) is 0 Å². The maximum atomic E-state index is 4.22. The smallest absolute Gasteiger partial charge is 0.148 e. The Balaban J connectivity index is 1.99. The molecule has 0 aromatic carbocycles. The van der Waals surface area contributed by atoms with E-state index in [-0.39, 0.29) is 0 Å². The second-order valence-corrected chi connectivity index (χ2v) is 4.16. The number of aromatic nitrogens is 3. The van der Waals surface area contributed by atoms with E-state index >= 15 is 0 Å². The quantitative estimate of drug-likeness (QED) is 0.926. The summed E-state index contributed by atoms with van der Waals surface area (Å²) in [4.78, 5) is 4.09. The maximum Gasteiger partial charge on any atom is 0.148 e. The van der Waals surface area contributed by atoms with Gasteiger partial charge in [0.15, 0.2) is 0 Å². The highest BCUT2D eigenvalue weighted by Crippen LogP contribution is 2.11. The molecule has 5 heteroatoms. The van der Waals surface area contributed by atoms with E-state index in [1.165, 1.54) is 0 Å². The van der Waals surface area contributed by atoms with Crippen molar-refractivity contribution < 1.29 is 0 Å². The highest BCUT2D eigenvalue weighted by Gasteiger charge is 1.97. The molecule has 78 valence electrons. The normalized spacial score (nSPS) is 10.3. The lowest BCUT2D eigenvalue weighted by Crippen LogP contribution is -2.01. The Labute approximate surface area is 96.5 Å². The van der Waals surface area contributed by atoms with Crippen LogP contribution in [0.2, 0.25) is 0 Å². The van der Waals surface area contributed by atoms with Crippen molar-refractivity contribution in [1.29, 1.82) is 0 Å². The fourth-order valence-electron chi connectivity index (χ4n) is 1.25. The Morgan fingerprint density at radius 1 is 1.47 bits per heavy atom. The number of halogens is 1. The number of nitrogens with one attached hydrogen (secondary N) is 1. The lowest BCUT2D eigenvalue weighted by Gasteiger charge is -2.02. The van der Waals surface area contributed by atoms with Crippen molar-refractivity contribution in [3.05, 3.63) is 40.8 Å². The van der Waals surface area contributed by atoms with Crippen LogP contribution in [0, 0.1) is 0 Å². The van der Waals surface area contributed by atoms with E-state index in [0.29, 0.717) is 0 Å². The molecule has 0 radical (unpaired) electrons. The minimum atomic E-state index is 0.726. The van der Waals surface area contributed by atoms with Crippen LogP contribution in [0.15, 0.2) is 35.2 Å². The van der Waals surface area contributed by atoms with Crippen LogP contribution in [0.1, 0.15) is 5.56 Å². The zero-order valence-corrected chi connectivity index (χ0v) is 9.90. The molecule has 0 amide bonds. The lowest BCUT2D eigenvalue weighted by atomic mass is 10.3. The summed E-state index contributed by atoms with van der Waals surface area (Å²) in [7, 11) is 1.89. The molecular formula is C10H11BrN4. The first kappa shape index (κ1) is 10.2. The Kier molecular flexibility index (Phi) is 3.01. The average Bonchev–Trinajstić information content (AvgIpc) is 2.62. The van der Waals surface area contributed by atoms with Crippen LogP contribution in [0.3, 0.4) is 0 Å². The molecule has 2 rings (SSSR count). The molecular weight excluding hydrogens is 256 g/mol. The molecule has 2 aromatic heterocycles. The standard InChI is InChI=1S/C10H11BrN4/c1-15-3-2-10(14-15)13-6-8-4-9(11)7-12-5-8/h2-5,7H,6H2,1H3,(H,13,14). The molecule has 0 aliphatic heterocycles. The van der Waals surface area contributed by atoms with Gasteiger partial charge in [0.1, 0.15) is 5.82 Å². The van der Waals surface area contributed by atoms with Gasteiger partial charge in [-0.2, -0.15) is 5.10 Å². The molecule has 0 aliphatic rings. The first-order chi connectivity index (χ1) is 7.24. The van der Waals surface area contributed by atoms with Crippen LogP contribution < -0.4 is 5.32 Å². The van der Waals surface area contributed by atoms with E-state index in [2.05, 4.69) is 31.3 Å². The molecule has 15 heavy (non-hydrogen) atoms. The topological polar surface area (TPSA) is 42.7 Å². The lowest BCUT2D eigenvalue weighted by molar-refractivity contribution is 0.768. The number of anilines is 1. The highest BCUT2D eigenvalue weighted by atomic mass is 79.9. The Bertz CT molecular complexity index is 452. The van der Waals surface area contributed by atoms with E-state index in [1.54, 1.807) is 10.9 Å². The second kappa shape index (κ2) is 4.44. The number of nitrogens with zero attached hydrogens (tertiary/aromatic N) is 3. The fraction of sp³-hybridized carbons (Fsp3) is 0.200. The minimum Gasteiger partial charge on any atom is -0.364 e. The molecule has 2 aromatic rings. The van der Waals surface area contributed by atoms with Crippen molar-refractivity contribution >= 4 is 21.7 Å². The van der Waals surface area contributed by atoms with Gasteiger partial charge in [-0.05, 0) is 27.6 Å². The van der Waals surface area contributed by atoms with E-state index in [4.69, 9.17) is 0 Å². The van der Waals surface area contributed by atoms with Gasteiger partial charge in [0.05, 0.1) is 0 Å². The summed E-state index contributed by atoms with van der Waals surface area (Å²) in [6.07, 6.45) is 5.51. The van der Waals surface area contributed by atoms with Gasteiger partial charge in [-0.3, -0.25) is 9.67 Å². The Hall–Kier alpha value is -1.36. The predicted octanol–water partition coefficient (Wildman–Crippen LogP) is 2.19. The van der Waals surface area contributed by atoms with Gasteiger partial charge in [-0.1, -0.05) is 0 Å². The van der Waals surface area contributed by atoms with Crippen molar-refractivity contribution in [1.82, 2.24) is 14.8 Å². The highest BCUT2D eigenvalue weighted by molar-refractivity contribution is 9.10. The summed E-state index contributed by atoms with van der Waals surface area (Å²) in [6.45, 7) is 0.726. The van der Waals surface area contributed by atoms with E-state index in [9.17, 15) is 0 Å². The summed E-state index contributed by atoms with van der Waals surface area (Å²) in [5.41, 5.74) is 1.12. The molecule has 0 spiro atoms. The van der Waals surface area contributed by atoms with Crippen molar-refractivity contribution in [2.24, 2.45) is 7.05 Å². The van der Waals surface area contributed by atoms with Crippen LogP contribution in [0.25, 0.3) is 0 Å². The van der Waals surface area contributed by atoms with Gasteiger partial charge in [-0.15, -0.1) is 0 Å². The number of pyridine rings is 1. The predicted molar refractivity (Wildman–Crippen MR) is 62.5 cm³/mol. The van der Waals surface area contributed by atoms with E-state index in [0.717, 1.165) is 22.4 Å². The van der Waals surface area contributed by atoms with Gasteiger partial charge in [-0.25, -0.2) is 0 Å². The van der Waals surface area contributed by atoms with Crippen molar-refractivity contribution in [2.75, 3.05) is 5.32 Å². The summed E-state index contributed by atoms with van der Waals surface area (Å²) in [5, 5.41) is 7.44. The Morgan fingerprint density at radius 3 is 3.00 bits per heavy atom. The van der Waals surface area contributed by atoms with Crippen LogP contribution in [0.4, 0.5) is 5.82 Å². The van der Waals surface area contributed by atoms with E-state index < -0.39 is 0 Å². The monoisotopic (exact) mass is 266 g/mol. The average molecular weight is 267 g/mol. The van der Waals surface area contributed by atoms with Crippen LogP contribution in [0.5, 0.6) is 0 Å². The third-order valence-electron chi connectivity index (χ3n) is 1.95. The van der Waals surface area contributed by atoms with Gasteiger partial charge < -0.3 is 5.32 Å². The Morgan fingerprint density at radius 2 is 2.33 bits per heavy atom. The van der Waals surface area contributed by atoms with Gasteiger partial charge in [0.25, 0.3) is 0 Å². The number of hydrogen-bond donors (Lipinski definition) is 1. The second-order valence-electron chi connectivity index (χ2n) is 3.24. The zero-order valence-electron chi connectivity index (χ0n) is 8.31. The van der Waals surface area contributed by atoms with Gasteiger partial charge in [0.2, 0.25) is 0 Å². The van der Waals surface area contributed by atoms with Crippen molar-refractivity contribution in [2.45, 2.75) is 6.54 Å².